The molecule has 0 spiro atoms. The fraction of sp³-hybridized carbons (Fsp3) is 0.250. The van der Waals surface area contributed by atoms with E-state index >= 15 is 0 Å². The quantitative estimate of drug-likeness (QED) is 0.529. The normalized spacial score (nSPS) is 17.4. The molecule has 3 aromatic carbocycles. The van der Waals surface area contributed by atoms with E-state index in [1.807, 2.05) is 24.3 Å². The van der Waals surface area contributed by atoms with Gasteiger partial charge in [0.1, 0.15) is 0 Å². The molecule has 1 aliphatic heterocycles. The Bertz CT molecular complexity index is 1180. The molecule has 4 nitrogen and oxygen atoms in total. The molecule has 1 heterocycles. The lowest BCUT2D eigenvalue weighted by molar-refractivity contribution is -0.137. The summed E-state index contributed by atoms with van der Waals surface area (Å²) in [4.78, 5) is 1.94. The number of benzene rings is 3. The molecule has 0 aliphatic carbocycles. The Morgan fingerprint density at radius 3 is 2.44 bits per heavy atom. The number of rotatable bonds is 6. The van der Waals surface area contributed by atoms with Gasteiger partial charge in [0.2, 0.25) is 0 Å². The van der Waals surface area contributed by atoms with Crippen molar-refractivity contribution in [1.29, 1.82) is 0 Å². The SMILES string of the molecule is O=S(=O)(Nc1cccc(C2CCN(Cc3ccccc3)C2)c1)c1cccc(C(F)(F)F)c1. The number of hydrogen-bond acceptors (Lipinski definition) is 3. The first-order valence-electron chi connectivity index (χ1n) is 10.3. The number of alkyl halides is 3. The van der Waals surface area contributed by atoms with Crippen LogP contribution in [0.25, 0.3) is 0 Å². The highest BCUT2D eigenvalue weighted by atomic mass is 32.2. The molecule has 32 heavy (non-hydrogen) atoms. The summed E-state index contributed by atoms with van der Waals surface area (Å²) < 4.78 is 66.7. The number of nitrogens with one attached hydrogen (secondary N) is 1. The highest BCUT2D eigenvalue weighted by Gasteiger charge is 2.31. The Morgan fingerprint density at radius 2 is 1.69 bits per heavy atom. The minimum Gasteiger partial charge on any atom is -0.298 e. The summed E-state index contributed by atoms with van der Waals surface area (Å²) in [6.45, 7) is 2.66. The van der Waals surface area contributed by atoms with Crippen molar-refractivity contribution in [2.45, 2.75) is 30.0 Å². The van der Waals surface area contributed by atoms with Crippen molar-refractivity contribution >= 4 is 15.7 Å². The first-order valence-corrected chi connectivity index (χ1v) is 11.8. The molecule has 4 rings (SSSR count). The van der Waals surface area contributed by atoms with Crippen LogP contribution in [0.1, 0.15) is 29.0 Å². The third-order valence-corrected chi connectivity index (χ3v) is 6.98. The standard InChI is InChI=1S/C24H23F3N2O2S/c25-24(26,27)21-9-5-11-23(15-21)32(30,31)28-22-10-4-8-19(14-22)20-12-13-29(17-20)16-18-6-2-1-3-7-18/h1-11,14-15,20,28H,12-13,16-17H2. The second-order valence-corrected chi connectivity index (χ2v) is 9.65. The Kier molecular flexibility index (Phi) is 6.26. The van der Waals surface area contributed by atoms with E-state index in [4.69, 9.17) is 0 Å². The van der Waals surface area contributed by atoms with Gasteiger partial charge in [-0.15, -0.1) is 0 Å². The second kappa shape index (κ2) is 8.96. The van der Waals surface area contributed by atoms with Crippen molar-refractivity contribution in [3.63, 3.8) is 0 Å². The highest BCUT2D eigenvalue weighted by molar-refractivity contribution is 7.92. The summed E-state index contributed by atoms with van der Waals surface area (Å²) in [5.74, 6) is 0.261. The summed E-state index contributed by atoms with van der Waals surface area (Å²) in [7, 11) is -4.15. The van der Waals surface area contributed by atoms with Crippen molar-refractivity contribution in [3.05, 3.63) is 95.6 Å². The van der Waals surface area contributed by atoms with Gasteiger partial charge in [-0.3, -0.25) is 9.62 Å². The van der Waals surface area contributed by atoms with E-state index in [1.165, 1.54) is 5.56 Å². The van der Waals surface area contributed by atoms with Gasteiger partial charge in [-0.25, -0.2) is 8.42 Å². The van der Waals surface area contributed by atoms with E-state index in [0.717, 1.165) is 49.8 Å². The summed E-state index contributed by atoms with van der Waals surface area (Å²) in [5, 5.41) is 0. The molecule has 1 atom stereocenters. The Labute approximate surface area is 185 Å². The fourth-order valence-electron chi connectivity index (χ4n) is 4.00. The molecular formula is C24H23F3N2O2S. The maximum Gasteiger partial charge on any atom is 0.416 e. The van der Waals surface area contributed by atoms with Crippen LogP contribution in [0.4, 0.5) is 18.9 Å². The van der Waals surface area contributed by atoms with E-state index in [-0.39, 0.29) is 5.92 Å². The van der Waals surface area contributed by atoms with Gasteiger partial charge < -0.3 is 0 Å². The maximum atomic E-state index is 13.0. The molecule has 0 amide bonds. The number of nitrogens with zero attached hydrogens (tertiary/aromatic N) is 1. The molecule has 1 N–H and O–H groups in total. The molecule has 8 heteroatoms. The molecular weight excluding hydrogens is 437 g/mol. The smallest absolute Gasteiger partial charge is 0.298 e. The lowest BCUT2D eigenvalue weighted by Crippen LogP contribution is -2.19. The summed E-state index contributed by atoms with van der Waals surface area (Å²) in [6.07, 6.45) is -3.66. The van der Waals surface area contributed by atoms with Crippen molar-refractivity contribution in [2.24, 2.45) is 0 Å². The van der Waals surface area contributed by atoms with Gasteiger partial charge in [-0.1, -0.05) is 48.5 Å². The van der Waals surface area contributed by atoms with E-state index < -0.39 is 26.7 Å². The average molecular weight is 461 g/mol. The lowest BCUT2D eigenvalue weighted by Gasteiger charge is -2.17. The predicted octanol–water partition coefficient (Wildman–Crippen LogP) is 5.50. The summed E-state index contributed by atoms with van der Waals surface area (Å²) in [6, 6.07) is 21.0. The van der Waals surface area contributed by atoms with Crippen molar-refractivity contribution < 1.29 is 21.6 Å². The van der Waals surface area contributed by atoms with Gasteiger partial charge in [-0.05, 0) is 60.3 Å². The Hall–Kier alpha value is -2.84. The molecule has 168 valence electrons. The van der Waals surface area contributed by atoms with Gasteiger partial charge in [0.15, 0.2) is 0 Å². The molecule has 1 aliphatic rings. The Morgan fingerprint density at radius 1 is 0.938 bits per heavy atom. The minimum absolute atomic E-state index is 0.261. The van der Waals surface area contributed by atoms with Gasteiger partial charge >= 0.3 is 6.18 Å². The van der Waals surface area contributed by atoms with Crippen LogP contribution in [0.5, 0.6) is 0 Å². The third-order valence-electron chi connectivity index (χ3n) is 5.60. The second-order valence-electron chi connectivity index (χ2n) is 7.96. The van der Waals surface area contributed by atoms with Crippen LogP contribution in [-0.2, 0) is 22.7 Å². The number of sulfonamides is 1. The lowest BCUT2D eigenvalue weighted by atomic mass is 9.98. The molecule has 0 saturated carbocycles. The van der Waals surface area contributed by atoms with Crippen LogP contribution in [0.2, 0.25) is 0 Å². The third kappa shape index (κ3) is 5.31. The van der Waals surface area contributed by atoms with Crippen LogP contribution < -0.4 is 4.72 Å². The summed E-state index contributed by atoms with van der Waals surface area (Å²) >= 11 is 0. The zero-order valence-corrected chi connectivity index (χ0v) is 18.0. The van der Waals surface area contributed by atoms with Crippen molar-refractivity contribution in [2.75, 3.05) is 17.8 Å². The molecule has 3 aromatic rings. The van der Waals surface area contributed by atoms with Crippen LogP contribution in [0.3, 0.4) is 0 Å². The van der Waals surface area contributed by atoms with E-state index in [0.29, 0.717) is 11.8 Å². The summed E-state index contributed by atoms with van der Waals surface area (Å²) in [5.41, 5.74) is 1.58. The van der Waals surface area contributed by atoms with Crippen molar-refractivity contribution in [1.82, 2.24) is 4.90 Å². The minimum atomic E-state index is -4.61. The van der Waals surface area contributed by atoms with E-state index in [1.54, 1.807) is 18.2 Å². The molecule has 0 bridgehead atoms. The van der Waals surface area contributed by atoms with Crippen LogP contribution in [-0.4, -0.2) is 26.4 Å². The fourth-order valence-corrected chi connectivity index (χ4v) is 5.09. The molecule has 0 aromatic heterocycles. The zero-order chi connectivity index (χ0) is 22.8. The number of likely N-dealkylation sites (tertiary alicyclic amines) is 1. The largest absolute Gasteiger partial charge is 0.416 e. The topological polar surface area (TPSA) is 49.4 Å². The number of hydrogen-bond donors (Lipinski definition) is 1. The van der Waals surface area contributed by atoms with Crippen LogP contribution >= 0.6 is 0 Å². The van der Waals surface area contributed by atoms with Crippen LogP contribution in [0.15, 0.2) is 83.8 Å². The first kappa shape index (κ1) is 22.4. The molecule has 1 unspecified atom stereocenters. The average Bonchev–Trinajstić information content (AvgIpc) is 3.22. The monoisotopic (exact) mass is 460 g/mol. The predicted molar refractivity (Wildman–Crippen MR) is 118 cm³/mol. The Balaban J connectivity index is 1.46. The zero-order valence-electron chi connectivity index (χ0n) is 17.2. The number of halogens is 3. The van der Waals surface area contributed by atoms with Gasteiger partial charge in [-0.2, -0.15) is 13.2 Å². The molecule has 0 radical (unpaired) electrons. The van der Waals surface area contributed by atoms with E-state index in [2.05, 4.69) is 21.8 Å². The number of anilines is 1. The van der Waals surface area contributed by atoms with Crippen LogP contribution in [0, 0.1) is 0 Å². The molecule has 1 saturated heterocycles. The first-order chi connectivity index (χ1) is 15.2. The van der Waals surface area contributed by atoms with Gasteiger partial charge in [0.05, 0.1) is 10.5 Å². The maximum absolute atomic E-state index is 13.0. The van der Waals surface area contributed by atoms with Crippen molar-refractivity contribution in [3.8, 4) is 0 Å². The highest BCUT2D eigenvalue weighted by Crippen LogP contribution is 2.32. The molecule has 1 fully saturated rings. The van der Waals surface area contributed by atoms with E-state index in [9.17, 15) is 21.6 Å². The van der Waals surface area contributed by atoms with Gasteiger partial charge in [0, 0.05) is 18.8 Å². The van der Waals surface area contributed by atoms with Gasteiger partial charge in [0.25, 0.3) is 10.0 Å².